The molecular weight excluding hydrogens is 364 g/mol. The van der Waals surface area contributed by atoms with E-state index in [-0.39, 0.29) is 24.7 Å². The molecule has 0 bridgehead atoms. The van der Waals surface area contributed by atoms with Crippen molar-refractivity contribution < 1.29 is 14.3 Å². The van der Waals surface area contributed by atoms with Crippen LogP contribution < -0.4 is 16.2 Å². The van der Waals surface area contributed by atoms with Crippen LogP contribution in [0.15, 0.2) is 24.3 Å². The third-order valence-corrected chi connectivity index (χ3v) is 4.48. The van der Waals surface area contributed by atoms with Gasteiger partial charge in [-0.2, -0.15) is 0 Å². The first-order chi connectivity index (χ1) is 13.1. The number of hydrogen-bond acceptors (Lipinski definition) is 4. The molecule has 0 spiro atoms. The molecule has 1 aromatic rings. The monoisotopic (exact) mass is 392 g/mol. The maximum Gasteiger partial charge on any atom is 0.238 e. The number of rotatable bonds is 7. The highest BCUT2D eigenvalue weighted by atomic mass is 32.1. The molecule has 0 radical (unpaired) electrons. The zero-order chi connectivity index (χ0) is 19.5. The van der Waals surface area contributed by atoms with Crippen LogP contribution in [0.4, 0.5) is 5.69 Å². The second kappa shape index (κ2) is 11.5. The number of morpholine rings is 1. The number of amides is 2. The molecule has 1 heterocycles. The van der Waals surface area contributed by atoms with Gasteiger partial charge in [0.2, 0.25) is 11.8 Å². The Morgan fingerprint density at radius 3 is 2.48 bits per heavy atom. The first-order valence-electron chi connectivity index (χ1n) is 9.38. The summed E-state index contributed by atoms with van der Waals surface area (Å²) < 4.78 is 5.21. The second-order valence-corrected chi connectivity index (χ2v) is 6.83. The standard InChI is InChI=1S/C19H28N4O3S/c1-2-3-4-15-5-7-16(8-6-15)20-19(27)22-21-17(24)9-10-18(25)23-11-13-26-14-12-23/h5-8H,2-4,9-14H2,1H3,(H,21,24)(H2,20,22,27). The second-order valence-electron chi connectivity index (χ2n) is 6.42. The van der Waals surface area contributed by atoms with E-state index in [1.165, 1.54) is 18.4 Å². The Morgan fingerprint density at radius 2 is 1.81 bits per heavy atom. The molecule has 3 N–H and O–H groups in total. The Bertz CT molecular complexity index is 630. The van der Waals surface area contributed by atoms with Crippen molar-refractivity contribution in [3.8, 4) is 0 Å². The molecule has 1 aliphatic heterocycles. The number of ether oxygens (including phenoxy) is 1. The molecule has 1 fully saturated rings. The van der Waals surface area contributed by atoms with Crippen LogP contribution in [0.3, 0.4) is 0 Å². The predicted octanol–water partition coefficient (Wildman–Crippen LogP) is 1.99. The molecule has 2 rings (SSSR count). The van der Waals surface area contributed by atoms with E-state index in [4.69, 9.17) is 17.0 Å². The van der Waals surface area contributed by atoms with Crippen molar-refractivity contribution in [3.63, 3.8) is 0 Å². The molecular formula is C19H28N4O3S. The van der Waals surface area contributed by atoms with Gasteiger partial charge < -0.3 is 15.0 Å². The van der Waals surface area contributed by atoms with Crippen LogP contribution in [0.1, 0.15) is 38.2 Å². The van der Waals surface area contributed by atoms with Crippen LogP contribution in [0.5, 0.6) is 0 Å². The largest absolute Gasteiger partial charge is 0.378 e. The maximum atomic E-state index is 12.0. The summed E-state index contributed by atoms with van der Waals surface area (Å²) in [5, 5.41) is 3.31. The van der Waals surface area contributed by atoms with E-state index in [1.807, 2.05) is 12.1 Å². The predicted molar refractivity (Wildman–Crippen MR) is 109 cm³/mol. The summed E-state index contributed by atoms with van der Waals surface area (Å²) in [5.74, 6) is -0.312. The molecule has 148 valence electrons. The molecule has 0 aromatic heterocycles. The van der Waals surface area contributed by atoms with Gasteiger partial charge in [-0.3, -0.25) is 20.4 Å². The molecule has 7 nitrogen and oxygen atoms in total. The maximum absolute atomic E-state index is 12.0. The van der Waals surface area contributed by atoms with Gasteiger partial charge in [0.05, 0.1) is 13.2 Å². The lowest BCUT2D eigenvalue weighted by molar-refractivity contribution is -0.137. The number of carbonyl (C=O) groups is 2. The lowest BCUT2D eigenvalue weighted by atomic mass is 10.1. The summed E-state index contributed by atoms with van der Waals surface area (Å²) in [4.78, 5) is 25.6. The van der Waals surface area contributed by atoms with Gasteiger partial charge in [-0.15, -0.1) is 0 Å². The quantitative estimate of drug-likeness (QED) is 0.486. The Balaban J connectivity index is 1.64. The van der Waals surface area contributed by atoms with Crippen LogP contribution in [0, 0.1) is 0 Å². The highest BCUT2D eigenvalue weighted by Gasteiger charge is 2.17. The normalized spacial score (nSPS) is 13.7. The highest BCUT2D eigenvalue weighted by Crippen LogP contribution is 2.11. The van der Waals surface area contributed by atoms with Crippen LogP contribution in [0.25, 0.3) is 0 Å². The number of benzene rings is 1. The molecule has 27 heavy (non-hydrogen) atoms. The van der Waals surface area contributed by atoms with Gasteiger partial charge >= 0.3 is 0 Å². The number of nitrogens with zero attached hydrogens (tertiary/aromatic N) is 1. The molecule has 1 aliphatic rings. The van der Waals surface area contributed by atoms with Crippen molar-refractivity contribution in [2.24, 2.45) is 0 Å². The number of hydrazine groups is 1. The minimum atomic E-state index is -0.282. The van der Waals surface area contributed by atoms with E-state index in [0.29, 0.717) is 31.4 Å². The number of thiocarbonyl (C=S) groups is 1. The van der Waals surface area contributed by atoms with Crippen molar-refractivity contribution in [2.75, 3.05) is 31.6 Å². The average molecular weight is 393 g/mol. The Hall–Kier alpha value is -2.19. The Kier molecular flexibility index (Phi) is 9.00. The first kappa shape index (κ1) is 21.1. The zero-order valence-corrected chi connectivity index (χ0v) is 16.6. The van der Waals surface area contributed by atoms with Crippen molar-refractivity contribution in [3.05, 3.63) is 29.8 Å². The summed E-state index contributed by atoms with van der Waals surface area (Å²) in [5.41, 5.74) is 7.31. The van der Waals surface area contributed by atoms with Crippen molar-refractivity contribution in [2.45, 2.75) is 39.0 Å². The minimum Gasteiger partial charge on any atom is -0.378 e. The molecule has 0 atom stereocenters. The van der Waals surface area contributed by atoms with E-state index in [2.05, 4.69) is 35.2 Å². The van der Waals surface area contributed by atoms with Gasteiger partial charge in [0.1, 0.15) is 0 Å². The molecule has 0 saturated carbocycles. The summed E-state index contributed by atoms with van der Waals surface area (Å²) in [7, 11) is 0. The molecule has 0 unspecified atom stereocenters. The van der Waals surface area contributed by atoms with Gasteiger partial charge in [0, 0.05) is 31.6 Å². The summed E-state index contributed by atoms with van der Waals surface area (Å²) in [6, 6.07) is 8.05. The van der Waals surface area contributed by atoms with Crippen LogP contribution in [-0.4, -0.2) is 48.1 Å². The van der Waals surface area contributed by atoms with Gasteiger partial charge in [-0.1, -0.05) is 25.5 Å². The molecule has 8 heteroatoms. The van der Waals surface area contributed by atoms with Crippen molar-refractivity contribution >= 4 is 34.8 Å². The number of carbonyl (C=O) groups excluding carboxylic acids is 2. The SMILES string of the molecule is CCCCc1ccc(NC(=S)NNC(=O)CCC(=O)N2CCOCC2)cc1. The van der Waals surface area contributed by atoms with Crippen LogP contribution in [-0.2, 0) is 20.7 Å². The Labute approximate surface area is 165 Å². The fraction of sp³-hybridized carbons (Fsp3) is 0.526. The topological polar surface area (TPSA) is 82.7 Å². The third-order valence-electron chi connectivity index (χ3n) is 4.28. The smallest absolute Gasteiger partial charge is 0.238 e. The number of anilines is 1. The molecule has 1 aromatic carbocycles. The summed E-state index contributed by atoms with van der Waals surface area (Å²) in [6.45, 7) is 4.46. The van der Waals surface area contributed by atoms with E-state index in [0.717, 1.165) is 12.1 Å². The number of hydrogen-bond donors (Lipinski definition) is 3. The van der Waals surface area contributed by atoms with Gasteiger partial charge in [-0.25, -0.2) is 0 Å². The van der Waals surface area contributed by atoms with Gasteiger partial charge in [-0.05, 0) is 42.8 Å². The fourth-order valence-electron chi connectivity index (χ4n) is 2.68. The lowest BCUT2D eigenvalue weighted by Crippen LogP contribution is -2.44. The van der Waals surface area contributed by atoms with E-state index < -0.39 is 0 Å². The summed E-state index contributed by atoms with van der Waals surface area (Å²) >= 11 is 5.17. The Morgan fingerprint density at radius 1 is 1.11 bits per heavy atom. The number of nitrogens with one attached hydrogen (secondary N) is 3. The first-order valence-corrected chi connectivity index (χ1v) is 9.79. The number of aryl methyl sites for hydroxylation is 1. The number of unbranched alkanes of at least 4 members (excludes halogenated alkanes) is 1. The van der Waals surface area contributed by atoms with Crippen LogP contribution in [0.2, 0.25) is 0 Å². The highest BCUT2D eigenvalue weighted by molar-refractivity contribution is 7.80. The average Bonchev–Trinajstić information content (AvgIpc) is 2.70. The molecule has 1 saturated heterocycles. The van der Waals surface area contributed by atoms with Crippen molar-refractivity contribution in [1.82, 2.24) is 15.8 Å². The van der Waals surface area contributed by atoms with Crippen LogP contribution >= 0.6 is 12.2 Å². The summed E-state index contributed by atoms with van der Waals surface area (Å²) in [6.07, 6.45) is 3.70. The third kappa shape index (κ3) is 7.92. The molecule has 2 amide bonds. The van der Waals surface area contributed by atoms with E-state index in [1.54, 1.807) is 4.90 Å². The van der Waals surface area contributed by atoms with E-state index >= 15 is 0 Å². The fourth-order valence-corrected chi connectivity index (χ4v) is 2.85. The van der Waals surface area contributed by atoms with Crippen molar-refractivity contribution in [1.29, 1.82) is 0 Å². The van der Waals surface area contributed by atoms with E-state index in [9.17, 15) is 9.59 Å². The minimum absolute atomic E-state index is 0.0303. The molecule has 0 aliphatic carbocycles. The zero-order valence-electron chi connectivity index (χ0n) is 15.8. The van der Waals surface area contributed by atoms with Gasteiger partial charge in [0.15, 0.2) is 5.11 Å². The van der Waals surface area contributed by atoms with Gasteiger partial charge in [0.25, 0.3) is 0 Å². The lowest BCUT2D eigenvalue weighted by Gasteiger charge is -2.26.